The minimum absolute atomic E-state index is 0.0735. The van der Waals surface area contributed by atoms with Crippen molar-refractivity contribution in [1.82, 2.24) is 4.90 Å². The zero-order valence-electron chi connectivity index (χ0n) is 28.5. The number of carbonyl (C=O) groups excluding carboxylic acids is 5. The van der Waals surface area contributed by atoms with Gasteiger partial charge < -0.3 is 28.8 Å². The first-order valence-electron chi connectivity index (χ1n) is 17.0. The minimum atomic E-state index is -1.73. The van der Waals surface area contributed by atoms with Crippen LogP contribution >= 0.6 is 0 Å². The molecule has 12 heteroatoms. The molecule has 0 radical (unpaired) electrons. The van der Waals surface area contributed by atoms with Crippen LogP contribution in [0.5, 0.6) is 0 Å². The summed E-state index contributed by atoms with van der Waals surface area (Å²) in [6, 6.07) is -0.836. The quantitative estimate of drug-likeness (QED) is 0.232. The molecular formula is C35H47NO11. The highest BCUT2D eigenvalue weighted by Gasteiger charge is 3.03. The van der Waals surface area contributed by atoms with Crippen molar-refractivity contribution in [3.63, 3.8) is 0 Å². The van der Waals surface area contributed by atoms with Crippen LogP contribution in [0, 0.1) is 39.9 Å². The Kier molecular flexibility index (Phi) is 6.79. The molecule has 9 rings (SSSR count). The van der Waals surface area contributed by atoms with Gasteiger partial charge in [0.1, 0.15) is 23.9 Å². The van der Waals surface area contributed by atoms with Crippen molar-refractivity contribution in [2.45, 2.75) is 129 Å². The zero-order chi connectivity index (χ0) is 34.4. The molecule has 9 fully saturated rings. The number of nitrogens with zero attached hydrogens (tertiary/aromatic N) is 1. The van der Waals surface area contributed by atoms with E-state index < -0.39 is 106 Å². The van der Waals surface area contributed by atoms with Crippen LogP contribution in [0.1, 0.15) is 81.1 Å². The Balaban J connectivity index is 1.52. The Morgan fingerprint density at radius 1 is 0.915 bits per heavy atom. The summed E-state index contributed by atoms with van der Waals surface area (Å²) in [5.41, 5.74) is -5.86. The van der Waals surface area contributed by atoms with Gasteiger partial charge in [-0.05, 0) is 31.6 Å². The highest BCUT2D eigenvalue weighted by atomic mass is 16.6. The van der Waals surface area contributed by atoms with E-state index in [-0.39, 0.29) is 24.8 Å². The standard InChI is InChI=1S/C35H47NO11/c1-10-16(4)29(41)45-22-13-33-24-21-12-32-11-17(5)23(27(46-28(40)15(2)3)35(32,33)47-20(8)39)26(44-19(7)38)34(32,42)30(33)36(21)14-31(24,9)25(22)43-18(6)37/h15-16,21-27,30,42H,5,10-14H2,1-4,6-9H3/t16?,21-,22-,23+,24?,25-,26-,27-,30+,31+,32-,33-,34-,35+/m1/s1. The lowest BCUT2D eigenvalue weighted by Crippen LogP contribution is -2.84. The molecule has 2 spiro atoms. The third kappa shape index (κ3) is 3.44. The fourth-order valence-corrected chi connectivity index (χ4v) is 12.5. The van der Waals surface area contributed by atoms with Crippen molar-refractivity contribution < 1.29 is 52.8 Å². The molecule has 3 heterocycles. The summed E-state index contributed by atoms with van der Waals surface area (Å²) in [6.45, 7) is 17.8. The van der Waals surface area contributed by atoms with Gasteiger partial charge in [-0.3, -0.25) is 28.9 Å². The summed E-state index contributed by atoms with van der Waals surface area (Å²) in [5.74, 6) is -4.86. The van der Waals surface area contributed by atoms with E-state index in [1.807, 2.05) is 13.8 Å². The third-order valence-corrected chi connectivity index (χ3v) is 13.5. The molecule has 0 aromatic heterocycles. The van der Waals surface area contributed by atoms with Gasteiger partial charge in [0, 0.05) is 44.2 Å². The highest BCUT2D eigenvalue weighted by Crippen LogP contribution is 2.90. The average Bonchev–Trinajstić information content (AvgIpc) is 3.39. The van der Waals surface area contributed by atoms with Gasteiger partial charge in [0.25, 0.3) is 0 Å². The summed E-state index contributed by atoms with van der Waals surface area (Å²) in [6.07, 6.45) is -2.84. The van der Waals surface area contributed by atoms with E-state index in [0.717, 1.165) is 0 Å². The fraction of sp³-hybridized carbons (Fsp3) is 0.800. The molecule has 6 aliphatic carbocycles. The van der Waals surface area contributed by atoms with E-state index in [9.17, 15) is 29.1 Å². The highest BCUT2D eigenvalue weighted by molar-refractivity contribution is 5.75. The maximum atomic E-state index is 13.6. The van der Waals surface area contributed by atoms with E-state index >= 15 is 0 Å². The molecule has 258 valence electrons. The molecular weight excluding hydrogens is 610 g/mol. The molecule has 3 unspecified atom stereocenters. The van der Waals surface area contributed by atoms with Gasteiger partial charge in [0.2, 0.25) is 0 Å². The van der Waals surface area contributed by atoms with Crippen LogP contribution in [0.25, 0.3) is 0 Å². The van der Waals surface area contributed by atoms with Crippen molar-refractivity contribution in [3.05, 3.63) is 12.2 Å². The smallest absolute Gasteiger partial charge is 0.309 e. The molecule has 1 N–H and O–H groups in total. The monoisotopic (exact) mass is 657 g/mol. The number of ether oxygens (including phenoxy) is 5. The van der Waals surface area contributed by atoms with Crippen LogP contribution in [-0.2, 0) is 47.7 Å². The molecule has 15 atom stereocenters. The lowest BCUT2D eigenvalue weighted by molar-refractivity contribution is -0.349. The minimum Gasteiger partial charge on any atom is -0.459 e. The Bertz CT molecular complexity index is 1490. The van der Waals surface area contributed by atoms with Crippen LogP contribution in [0.4, 0.5) is 0 Å². The Morgan fingerprint density at radius 3 is 2.13 bits per heavy atom. The number of hydrogen-bond donors (Lipinski definition) is 1. The first-order chi connectivity index (χ1) is 21.9. The summed E-state index contributed by atoms with van der Waals surface area (Å²) < 4.78 is 31.6. The van der Waals surface area contributed by atoms with E-state index in [4.69, 9.17) is 23.7 Å². The van der Waals surface area contributed by atoms with Crippen LogP contribution in [-0.4, -0.2) is 94.1 Å². The number of esters is 5. The van der Waals surface area contributed by atoms with E-state index in [0.29, 0.717) is 25.0 Å². The molecule has 0 aromatic carbocycles. The van der Waals surface area contributed by atoms with E-state index in [1.165, 1.54) is 20.8 Å². The first-order valence-corrected chi connectivity index (χ1v) is 17.0. The summed E-state index contributed by atoms with van der Waals surface area (Å²) in [7, 11) is 0. The molecule has 0 aromatic rings. The van der Waals surface area contributed by atoms with Gasteiger partial charge >= 0.3 is 29.8 Å². The number of fused-ring (bicyclic) bond motifs is 1. The molecule has 9 aliphatic rings. The van der Waals surface area contributed by atoms with Gasteiger partial charge in [-0.1, -0.05) is 46.8 Å². The lowest BCUT2D eigenvalue weighted by atomic mass is 9.36. The van der Waals surface area contributed by atoms with Crippen molar-refractivity contribution in [2.75, 3.05) is 6.54 Å². The van der Waals surface area contributed by atoms with Crippen LogP contribution in [0.15, 0.2) is 12.2 Å². The second-order valence-corrected chi connectivity index (χ2v) is 16.0. The molecule has 3 saturated heterocycles. The third-order valence-electron chi connectivity index (χ3n) is 13.5. The maximum absolute atomic E-state index is 13.6. The lowest BCUT2D eigenvalue weighted by Gasteiger charge is -2.72. The predicted octanol–water partition coefficient (Wildman–Crippen LogP) is 2.48. The summed E-state index contributed by atoms with van der Waals surface area (Å²) in [4.78, 5) is 68.2. The molecule has 0 amide bonds. The molecule has 47 heavy (non-hydrogen) atoms. The molecule has 12 nitrogen and oxygen atoms in total. The van der Waals surface area contributed by atoms with Crippen LogP contribution < -0.4 is 0 Å². The normalized spacial score (nSPS) is 49.5. The van der Waals surface area contributed by atoms with Crippen LogP contribution in [0.2, 0.25) is 0 Å². The van der Waals surface area contributed by atoms with E-state index in [1.54, 1.807) is 20.8 Å². The summed E-state index contributed by atoms with van der Waals surface area (Å²) in [5, 5.41) is 13.5. The van der Waals surface area contributed by atoms with Crippen molar-refractivity contribution in [1.29, 1.82) is 0 Å². The molecule has 3 aliphatic heterocycles. The first kappa shape index (κ1) is 32.6. The van der Waals surface area contributed by atoms with Gasteiger partial charge in [-0.25, -0.2) is 0 Å². The fourth-order valence-electron chi connectivity index (χ4n) is 12.5. The number of piperidine rings is 2. The Morgan fingerprint density at radius 2 is 1.55 bits per heavy atom. The Labute approximate surface area is 274 Å². The van der Waals surface area contributed by atoms with Gasteiger partial charge in [-0.15, -0.1) is 0 Å². The van der Waals surface area contributed by atoms with E-state index in [2.05, 4.69) is 11.5 Å². The van der Waals surface area contributed by atoms with Crippen molar-refractivity contribution in [3.8, 4) is 0 Å². The number of hydrogen-bond acceptors (Lipinski definition) is 12. The summed E-state index contributed by atoms with van der Waals surface area (Å²) >= 11 is 0. The number of carbonyl (C=O) groups is 5. The number of rotatable bonds is 8. The van der Waals surface area contributed by atoms with Gasteiger partial charge in [-0.2, -0.15) is 0 Å². The average molecular weight is 658 g/mol. The number of aliphatic hydroxyl groups is 1. The second kappa shape index (κ2) is 9.80. The van der Waals surface area contributed by atoms with Crippen molar-refractivity contribution >= 4 is 29.8 Å². The maximum Gasteiger partial charge on any atom is 0.309 e. The molecule has 6 saturated carbocycles. The predicted molar refractivity (Wildman–Crippen MR) is 162 cm³/mol. The topological polar surface area (TPSA) is 155 Å². The van der Waals surface area contributed by atoms with Gasteiger partial charge in [0.05, 0.1) is 29.2 Å². The molecule has 9 bridgehead atoms. The Hall–Kier alpha value is -2.99. The van der Waals surface area contributed by atoms with Crippen molar-refractivity contribution in [2.24, 2.45) is 39.9 Å². The zero-order valence-corrected chi connectivity index (χ0v) is 28.5. The van der Waals surface area contributed by atoms with Crippen LogP contribution in [0.3, 0.4) is 0 Å². The van der Waals surface area contributed by atoms with Gasteiger partial charge in [0.15, 0.2) is 11.7 Å². The SMILES string of the molecule is C=C1C[C@@]23C[C@@H]4C5[C@]6(C)CN4[C@@H]4[C@]2(O)[C@H](OC(C)=O)[C@H]1[C@@H](OC(=O)C(C)C)[C@@]3(OC(C)=O)[C@]54C[C@@H](OC(=O)C(C)CC)[C@H]6OC(C)=O. The second-order valence-electron chi connectivity index (χ2n) is 16.0. The largest absolute Gasteiger partial charge is 0.459 e.